The Morgan fingerprint density at radius 3 is 2.63 bits per heavy atom. The number of hydrogen-bond acceptors (Lipinski definition) is 4. The zero-order valence-corrected chi connectivity index (χ0v) is 17.6. The third kappa shape index (κ3) is 4.43. The van der Waals surface area contributed by atoms with Crippen LogP contribution in [0.1, 0.15) is 63.0 Å². The van der Waals surface area contributed by atoms with E-state index in [-0.39, 0.29) is 24.0 Å². The fraction of sp³-hybridized carbons (Fsp3) is 0.440. The summed E-state index contributed by atoms with van der Waals surface area (Å²) in [7, 11) is 0. The van der Waals surface area contributed by atoms with Crippen LogP contribution in [0, 0.1) is 11.3 Å². The second kappa shape index (κ2) is 8.79. The van der Waals surface area contributed by atoms with E-state index in [2.05, 4.69) is 12.1 Å². The Labute approximate surface area is 178 Å². The SMILES string of the molecule is CC(C)Oc1ccc([C@H]2CC(=O)N(c3cccc(C#N)c3)C2)cc1OC1CCCC1. The largest absolute Gasteiger partial charge is 0.487 e. The van der Waals surface area contributed by atoms with Crippen LogP contribution in [0.15, 0.2) is 42.5 Å². The lowest BCUT2D eigenvalue weighted by atomic mass is 9.97. The van der Waals surface area contributed by atoms with Gasteiger partial charge in [-0.05, 0) is 75.4 Å². The molecule has 5 nitrogen and oxygen atoms in total. The van der Waals surface area contributed by atoms with Crippen molar-refractivity contribution in [3.8, 4) is 17.6 Å². The summed E-state index contributed by atoms with van der Waals surface area (Å²) in [5, 5.41) is 9.16. The van der Waals surface area contributed by atoms with Gasteiger partial charge < -0.3 is 14.4 Å². The summed E-state index contributed by atoms with van der Waals surface area (Å²) in [6.45, 7) is 4.62. The second-order valence-corrected chi connectivity index (χ2v) is 8.46. The van der Waals surface area contributed by atoms with Gasteiger partial charge in [0.2, 0.25) is 5.91 Å². The third-order valence-corrected chi connectivity index (χ3v) is 5.81. The highest BCUT2D eigenvalue weighted by Crippen LogP contribution is 2.38. The maximum atomic E-state index is 12.7. The second-order valence-electron chi connectivity index (χ2n) is 8.46. The van der Waals surface area contributed by atoms with Gasteiger partial charge in [0.15, 0.2) is 11.5 Å². The number of carbonyl (C=O) groups excluding carboxylic acids is 1. The first-order valence-electron chi connectivity index (χ1n) is 10.8. The molecule has 1 amide bonds. The Balaban J connectivity index is 1.57. The third-order valence-electron chi connectivity index (χ3n) is 5.81. The van der Waals surface area contributed by atoms with Gasteiger partial charge >= 0.3 is 0 Å². The van der Waals surface area contributed by atoms with Gasteiger partial charge in [-0.15, -0.1) is 0 Å². The monoisotopic (exact) mass is 404 g/mol. The highest BCUT2D eigenvalue weighted by molar-refractivity contribution is 5.96. The molecule has 0 N–H and O–H groups in total. The average Bonchev–Trinajstić information content (AvgIpc) is 3.38. The maximum Gasteiger partial charge on any atom is 0.227 e. The molecule has 2 aromatic rings. The lowest BCUT2D eigenvalue weighted by Crippen LogP contribution is -2.24. The van der Waals surface area contributed by atoms with E-state index >= 15 is 0 Å². The summed E-state index contributed by atoms with van der Waals surface area (Å²) in [5.41, 5.74) is 2.43. The molecule has 1 heterocycles. The van der Waals surface area contributed by atoms with E-state index in [4.69, 9.17) is 14.7 Å². The Kier molecular flexibility index (Phi) is 5.94. The van der Waals surface area contributed by atoms with Crippen molar-refractivity contribution in [3.05, 3.63) is 53.6 Å². The zero-order chi connectivity index (χ0) is 21.1. The van der Waals surface area contributed by atoms with E-state index in [0.717, 1.165) is 35.6 Å². The molecule has 0 radical (unpaired) electrons. The van der Waals surface area contributed by atoms with Crippen LogP contribution in [0.4, 0.5) is 5.69 Å². The van der Waals surface area contributed by atoms with Crippen LogP contribution in [0.25, 0.3) is 0 Å². The lowest BCUT2D eigenvalue weighted by molar-refractivity contribution is -0.117. The van der Waals surface area contributed by atoms with Gasteiger partial charge in [0.25, 0.3) is 0 Å². The van der Waals surface area contributed by atoms with Gasteiger partial charge in [-0.2, -0.15) is 5.26 Å². The number of benzene rings is 2. The molecule has 1 aliphatic heterocycles. The molecule has 1 aliphatic carbocycles. The van der Waals surface area contributed by atoms with Crippen LogP contribution in [-0.4, -0.2) is 24.7 Å². The minimum Gasteiger partial charge on any atom is -0.487 e. The highest BCUT2D eigenvalue weighted by Gasteiger charge is 2.32. The summed E-state index contributed by atoms with van der Waals surface area (Å²) in [6, 6.07) is 15.5. The normalized spacial score (nSPS) is 19.3. The van der Waals surface area contributed by atoms with Crippen molar-refractivity contribution in [2.24, 2.45) is 0 Å². The number of anilines is 1. The van der Waals surface area contributed by atoms with Crippen molar-refractivity contribution in [3.63, 3.8) is 0 Å². The average molecular weight is 405 g/mol. The van der Waals surface area contributed by atoms with Crippen molar-refractivity contribution in [2.75, 3.05) is 11.4 Å². The van der Waals surface area contributed by atoms with Crippen molar-refractivity contribution in [1.29, 1.82) is 5.26 Å². The van der Waals surface area contributed by atoms with Gasteiger partial charge in [-0.1, -0.05) is 12.1 Å². The summed E-state index contributed by atoms with van der Waals surface area (Å²) in [6.07, 6.45) is 5.33. The number of nitriles is 1. The minimum absolute atomic E-state index is 0.0674. The Hall–Kier alpha value is -3.00. The van der Waals surface area contributed by atoms with E-state index in [9.17, 15) is 4.79 Å². The molecule has 2 aromatic carbocycles. The molecule has 1 saturated carbocycles. The fourth-order valence-corrected chi connectivity index (χ4v) is 4.33. The van der Waals surface area contributed by atoms with Gasteiger partial charge in [0.1, 0.15) is 0 Å². The van der Waals surface area contributed by atoms with Crippen molar-refractivity contribution in [1.82, 2.24) is 0 Å². The van der Waals surface area contributed by atoms with Crippen LogP contribution in [0.2, 0.25) is 0 Å². The number of amides is 1. The van der Waals surface area contributed by atoms with E-state index in [1.54, 1.807) is 17.0 Å². The molecule has 1 saturated heterocycles. The Morgan fingerprint density at radius 1 is 1.10 bits per heavy atom. The van der Waals surface area contributed by atoms with Crippen molar-refractivity contribution >= 4 is 11.6 Å². The van der Waals surface area contributed by atoms with E-state index in [1.807, 2.05) is 38.1 Å². The number of rotatable bonds is 6. The first kappa shape index (κ1) is 20.3. The van der Waals surface area contributed by atoms with Crippen molar-refractivity contribution < 1.29 is 14.3 Å². The summed E-state index contributed by atoms with van der Waals surface area (Å²) in [5.74, 6) is 1.71. The fourth-order valence-electron chi connectivity index (χ4n) is 4.33. The van der Waals surface area contributed by atoms with Gasteiger partial charge in [-0.3, -0.25) is 4.79 Å². The predicted octanol–water partition coefficient (Wildman–Crippen LogP) is 5.19. The summed E-state index contributed by atoms with van der Waals surface area (Å²) in [4.78, 5) is 14.5. The van der Waals surface area contributed by atoms with E-state index < -0.39 is 0 Å². The molecule has 4 rings (SSSR count). The molecule has 0 aromatic heterocycles. The zero-order valence-electron chi connectivity index (χ0n) is 17.6. The van der Waals surface area contributed by atoms with Gasteiger partial charge in [0, 0.05) is 24.6 Å². The lowest BCUT2D eigenvalue weighted by Gasteiger charge is -2.21. The quantitative estimate of drug-likeness (QED) is 0.665. The first-order valence-corrected chi connectivity index (χ1v) is 10.8. The molecule has 5 heteroatoms. The number of hydrogen-bond donors (Lipinski definition) is 0. The van der Waals surface area contributed by atoms with Gasteiger partial charge in [0.05, 0.1) is 23.8 Å². The van der Waals surface area contributed by atoms with E-state index in [1.165, 1.54) is 12.8 Å². The van der Waals surface area contributed by atoms with Crippen LogP contribution in [0.5, 0.6) is 11.5 Å². The Bertz CT molecular complexity index is 957. The molecule has 30 heavy (non-hydrogen) atoms. The molecule has 0 unspecified atom stereocenters. The molecule has 156 valence electrons. The van der Waals surface area contributed by atoms with Crippen LogP contribution < -0.4 is 14.4 Å². The smallest absolute Gasteiger partial charge is 0.227 e. The first-order chi connectivity index (χ1) is 14.5. The molecule has 2 fully saturated rings. The van der Waals surface area contributed by atoms with E-state index in [0.29, 0.717) is 18.5 Å². The molecule has 0 bridgehead atoms. The topological polar surface area (TPSA) is 62.6 Å². The molecular weight excluding hydrogens is 376 g/mol. The van der Waals surface area contributed by atoms with Gasteiger partial charge in [-0.25, -0.2) is 0 Å². The van der Waals surface area contributed by atoms with Crippen LogP contribution in [-0.2, 0) is 4.79 Å². The maximum absolute atomic E-state index is 12.7. The predicted molar refractivity (Wildman–Crippen MR) is 116 cm³/mol. The summed E-state index contributed by atoms with van der Waals surface area (Å²) >= 11 is 0. The molecule has 0 spiro atoms. The number of carbonyl (C=O) groups is 1. The minimum atomic E-state index is 0.0674. The number of ether oxygens (including phenoxy) is 2. The standard InChI is InChI=1S/C25H28N2O3/c1-17(2)29-23-11-10-19(13-24(23)30-22-8-3-4-9-22)20-14-25(28)27(16-20)21-7-5-6-18(12-21)15-26/h5-7,10-13,17,20,22H,3-4,8-9,14,16H2,1-2H3/t20-/m0/s1. The molecule has 1 atom stereocenters. The summed E-state index contributed by atoms with van der Waals surface area (Å²) < 4.78 is 12.3. The highest BCUT2D eigenvalue weighted by atomic mass is 16.5. The van der Waals surface area contributed by atoms with Crippen LogP contribution >= 0.6 is 0 Å². The molecule has 2 aliphatic rings. The number of nitrogens with zero attached hydrogens (tertiary/aromatic N) is 2. The van der Waals surface area contributed by atoms with Crippen molar-refractivity contribution in [2.45, 2.75) is 64.1 Å². The Morgan fingerprint density at radius 2 is 1.90 bits per heavy atom. The molecular formula is C25H28N2O3. The van der Waals surface area contributed by atoms with Crippen LogP contribution in [0.3, 0.4) is 0 Å².